The second-order valence-corrected chi connectivity index (χ2v) is 6.69. The number of carbonyl (C=O) groups is 3. The van der Waals surface area contributed by atoms with Crippen LogP contribution in [0.1, 0.15) is 18.1 Å². The van der Waals surface area contributed by atoms with Gasteiger partial charge in [0.1, 0.15) is 17.9 Å². The monoisotopic (exact) mass is 406 g/mol. The molecule has 2 rings (SSSR count). The molecule has 0 unspecified atom stereocenters. The van der Waals surface area contributed by atoms with Crippen LogP contribution in [0.15, 0.2) is 48.5 Å². The van der Waals surface area contributed by atoms with Crippen LogP contribution in [-0.2, 0) is 27.2 Å². The van der Waals surface area contributed by atoms with E-state index in [0.29, 0.717) is 16.1 Å². The molecule has 3 N–H and O–H groups in total. The van der Waals surface area contributed by atoms with Gasteiger partial charge >= 0.3 is 5.97 Å². The Balaban J connectivity index is 2.15. The van der Waals surface area contributed by atoms with E-state index in [1.54, 1.807) is 30.3 Å². The van der Waals surface area contributed by atoms with Gasteiger partial charge in [0.15, 0.2) is 0 Å². The molecule has 0 spiro atoms. The molecular weight excluding hydrogens is 387 g/mol. The Kier molecular flexibility index (Phi) is 7.52. The Hall–Kier alpha value is -2.93. The van der Waals surface area contributed by atoms with Gasteiger partial charge in [-0.05, 0) is 29.3 Å². The first kappa shape index (κ1) is 21.4. The number of nitrogens with one attached hydrogen (secondary N) is 2. The molecule has 0 aromatic heterocycles. The lowest BCUT2D eigenvalue weighted by atomic mass is 10.0. The van der Waals surface area contributed by atoms with Gasteiger partial charge in [-0.3, -0.25) is 9.59 Å². The number of carboxylic acids is 1. The molecule has 0 bridgehead atoms. The number of carbonyl (C=O) groups excluding carboxylic acids is 2. The van der Waals surface area contributed by atoms with Gasteiger partial charge in [0.25, 0.3) is 0 Å². The molecule has 2 atom stereocenters. The second-order valence-electron chi connectivity index (χ2n) is 6.28. The van der Waals surface area contributed by atoms with E-state index in [0.717, 1.165) is 0 Å². The Morgan fingerprint density at radius 1 is 1.04 bits per heavy atom. The fraction of sp³-hybridized carbons (Fsp3) is 0.250. The van der Waals surface area contributed by atoms with Crippen LogP contribution in [0.25, 0.3) is 0 Å². The van der Waals surface area contributed by atoms with Crippen LogP contribution in [0.4, 0.5) is 4.39 Å². The fourth-order valence-electron chi connectivity index (χ4n) is 2.71. The molecule has 28 heavy (non-hydrogen) atoms. The maximum Gasteiger partial charge on any atom is 0.326 e. The predicted molar refractivity (Wildman–Crippen MR) is 102 cm³/mol. The standard InChI is InChI=1S/C20H20ClFN2O4/c1-12(25)23-17(10-13-5-4-7-15(22)9-13)19(26)24-18(20(27)28)11-14-6-2-3-8-16(14)21/h2-9,17-18H,10-11H2,1H3,(H,23,25)(H,24,26)(H,27,28)/t17-,18+/m0/s1. The summed E-state index contributed by atoms with van der Waals surface area (Å²) in [5, 5.41) is 14.8. The number of aliphatic carboxylic acids is 1. The third kappa shape index (κ3) is 6.35. The van der Waals surface area contributed by atoms with Gasteiger partial charge in [-0.2, -0.15) is 0 Å². The lowest BCUT2D eigenvalue weighted by Gasteiger charge is -2.21. The molecule has 6 nitrogen and oxygen atoms in total. The summed E-state index contributed by atoms with van der Waals surface area (Å²) in [6.45, 7) is 1.24. The molecule has 0 heterocycles. The van der Waals surface area contributed by atoms with Crippen molar-refractivity contribution in [3.63, 3.8) is 0 Å². The third-order valence-corrected chi connectivity index (χ3v) is 4.39. The summed E-state index contributed by atoms with van der Waals surface area (Å²) in [6, 6.07) is 10.1. The lowest BCUT2D eigenvalue weighted by Crippen LogP contribution is -2.52. The number of benzene rings is 2. The average Bonchev–Trinajstić information content (AvgIpc) is 2.61. The van der Waals surface area contributed by atoms with Crippen molar-refractivity contribution in [2.24, 2.45) is 0 Å². The van der Waals surface area contributed by atoms with Crippen molar-refractivity contribution in [3.05, 3.63) is 70.5 Å². The summed E-state index contributed by atoms with van der Waals surface area (Å²) < 4.78 is 13.4. The van der Waals surface area contributed by atoms with E-state index < -0.39 is 35.7 Å². The van der Waals surface area contributed by atoms with Crippen molar-refractivity contribution in [1.82, 2.24) is 10.6 Å². The van der Waals surface area contributed by atoms with E-state index in [-0.39, 0.29) is 12.8 Å². The largest absolute Gasteiger partial charge is 0.480 e. The number of hydrogen-bond donors (Lipinski definition) is 3. The van der Waals surface area contributed by atoms with Crippen LogP contribution < -0.4 is 10.6 Å². The first-order valence-electron chi connectivity index (χ1n) is 8.54. The summed E-state index contributed by atoms with van der Waals surface area (Å²) in [7, 11) is 0. The third-order valence-electron chi connectivity index (χ3n) is 4.02. The zero-order chi connectivity index (χ0) is 20.7. The van der Waals surface area contributed by atoms with Crippen LogP contribution in [0, 0.1) is 5.82 Å². The van der Waals surface area contributed by atoms with E-state index in [4.69, 9.17) is 11.6 Å². The molecule has 0 radical (unpaired) electrons. The van der Waals surface area contributed by atoms with E-state index in [2.05, 4.69) is 10.6 Å². The minimum atomic E-state index is -1.24. The Morgan fingerprint density at radius 2 is 1.75 bits per heavy atom. The molecule has 2 aromatic carbocycles. The lowest BCUT2D eigenvalue weighted by molar-refractivity contribution is -0.142. The quantitative estimate of drug-likeness (QED) is 0.627. The van der Waals surface area contributed by atoms with Crippen LogP contribution in [-0.4, -0.2) is 35.0 Å². The van der Waals surface area contributed by atoms with Crippen molar-refractivity contribution < 1.29 is 23.9 Å². The summed E-state index contributed by atoms with van der Waals surface area (Å²) in [4.78, 5) is 35.7. The minimum Gasteiger partial charge on any atom is -0.480 e. The smallest absolute Gasteiger partial charge is 0.326 e. The van der Waals surface area contributed by atoms with E-state index >= 15 is 0 Å². The Bertz CT molecular complexity index is 875. The molecule has 0 aliphatic heterocycles. The second kappa shape index (κ2) is 9.85. The van der Waals surface area contributed by atoms with Crippen LogP contribution in [0.5, 0.6) is 0 Å². The molecule has 0 aliphatic carbocycles. The van der Waals surface area contributed by atoms with Gasteiger partial charge in [0.2, 0.25) is 11.8 Å². The van der Waals surface area contributed by atoms with Crippen LogP contribution in [0.2, 0.25) is 5.02 Å². The SMILES string of the molecule is CC(=O)N[C@@H](Cc1cccc(F)c1)C(=O)N[C@H](Cc1ccccc1Cl)C(=O)O. The molecule has 2 aromatic rings. The van der Waals surface area contributed by atoms with E-state index in [1.807, 2.05) is 0 Å². The Morgan fingerprint density at radius 3 is 2.36 bits per heavy atom. The van der Waals surface area contributed by atoms with Gasteiger partial charge in [-0.15, -0.1) is 0 Å². The molecule has 0 fully saturated rings. The number of carboxylic acid groups (broad SMARTS) is 1. The average molecular weight is 407 g/mol. The van der Waals surface area contributed by atoms with Crippen LogP contribution >= 0.6 is 11.6 Å². The topological polar surface area (TPSA) is 95.5 Å². The van der Waals surface area contributed by atoms with Crippen molar-refractivity contribution in [3.8, 4) is 0 Å². The maximum atomic E-state index is 13.4. The summed E-state index contributed by atoms with van der Waals surface area (Å²) in [5.74, 6) is -2.85. The van der Waals surface area contributed by atoms with Gasteiger partial charge < -0.3 is 15.7 Å². The molecule has 8 heteroatoms. The molecule has 148 valence electrons. The number of hydrogen-bond acceptors (Lipinski definition) is 3. The van der Waals surface area contributed by atoms with Crippen molar-refractivity contribution in [1.29, 1.82) is 0 Å². The highest BCUT2D eigenvalue weighted by Crippen LogP contribution is 2.17. The molecule has 2 amide bonds. The summed E-state index contributed by atoms with van der Waals surface area (Å²) in [6.07, 6.45) is -0.00485. The summed E-state index contributed by atoms with van der Waals surface area (Å²) in [5.41, 5.74) is 1.06. The first-order valence-corrected chi connectivity index (χ1v) is 8.92. The van der Waals surface area contributed by atoms with E-state index in [1.165, 1.54) is 25.1 Å². The highest BCUT2D eigenvalue weighted by atomic mass is 35.5. The van der Waals surface area contributed by atoms with Gasteiger partial charge in [-0.1, -0.05) is 41.9 Å². The van der Waals surface area contributed by atoms with Crippen molar-refractivity contribution in [2.75, 3.05) is 0 Å². The van der Waals surface area contributed by atoms with Crippen molar-refractivity contribution in [2.45, 2.75) is 31.8 Å². The van der Waals surface area contributed by atoms with Gasteiger partial charge in [-0.25, -0.2) is 9.18 Å². The summed E-state index contributed by atoms with van der Waals surface area (Å²) >= 11 is 6.06. The first-order chi connectivity index (χ1) is 13.3. The molecule has 0 saturated carbocycles. The zero-order valence-electron chi connectivity index (χ0n) is 15.1. The fourth-order valence-corrected chi connectivity index (χ4v) is 2.92. The highest BCUT2D eigenvalue weighted by Gasteiger charge is 2.27. The number of halogens is 2. The maximum absolute atomic E-state index is 13.4. The molecular formula is C20H20ClFN2O4. The molecule has 0 aliphatic rings. The van der Waals surface area contributed by atoms with E-state index in [9.17, 15) is 23.9 Å². The Labute approximate surface area is 166 Å². The van der Waals surface area contributed by atoms with Crippen molar-refractivity contribution >= 4 is 29.4 Å². The predicted octanol–water partition coefficient (Wildman–Crippen LogP) is 2.34. The van der Waals surface area contributed by atoms with Gasteiger partial charge in [0.05, 0.1) is 0 Å². The van der Waals surface area contributed by atoms with Gasteiger partial charge in [0, 0.05) is 24.8 Å². The number of amides is 2. The zero-order valence-corrected chi connectivity index (χ0v) is 15.9. The number of rotatable bonds is 8. The molecule has 0 saturated heterocycles. The minimum absolute atomic E-state index is 0.0155. The highest BCUT2D eigenvalue weighted by molar-refractivity contribution is 6.31. The normalized spacial score (nSPS) is 12.7. The van der Waals surface area contributed by atoms with Crippen LogP contribution in [0.3, 0.4) is 0 Å².